The van der Waals surface area contributed by atoms with E-state index in [4.69, 9.17) is 0 Å². The fraction of sp³-hybridized carbons (Fsp3) is 0.684. The summed E-state index contributed by atoms with van der Waals surface area (Å²) in [5.74, 6) is 0. The zero-order chi connectivity index (χ0) is 15.1. The van der Waals surface area contributed by atoms with Crippen molar-refractivity contribution in [3.63, 3.8) is 0 Å². The molecule has 2 rings (SSSR count). The normalized spacial score (nSPS) is 18.8. The van der Waals surface area contributed by atoms with Crippen LogP contribution in [0.4, 0.5) is 0 Å². The van der Waals surface area contributed by atoms with Crippen LogP contribution in [0.25, 0.3) is 0 Å². The molecule has 0 saturated carbocycles. The molecule has 1 N–H and O–H groups in total. The molecular weight excluding hydrogens is 256 g/mol. The van der Waals surface area contributed by atoms with Gasteiger partial charge in [-0.2, -0.15) is 0 Å². The summed E-state index contributed by atoms with van der Waals surface area (Å²) in [7, 11) is 0. The first-order valence-corrected chi connectivity index (χ1v) is 8.66. The molecule has 1 aromatic carbocycles. The van der Waals surface area contributed by atoms with E-state index < -0.39 is 0 Å². The van der Waals surface area contributed by atoms with Crippen LogP contribution in [0.2, 0.25) is 0 Å². The minimum absolute atomic E-state index is 0.586. The van der Waals surface area contributed by atoms with Crippen LogP contribution >= 0.6 is 0 Å². The van der Waals surface area contributed by atoms with E-state index in [0.29, 0.717) is 5.41 Å². The van der Waals surface area contributed by atoms with E-state index in [9.17, 15) is 0 Å². The predicted octanol–water partition coefficient (Wildman–Crippen LogP) is 4.20. The van der Waals surface area contributed by atoms with Gasteiger partial charge in [-0.1, -0.05) is 51.5 Å². The Morgan fingerprint density at radius 1 is 1.14 bits per heavy atom. The molecule has 21 heavy (non-hydrogen) atoms. The zero-order valence-corrected chi connectivity index (χ0v) is 14.1. The van der Waals surface area contributed by atoms with Crippen LogP contribution in [-0.2, 0) is 13.1 Å². The van der Waals surface area contributed by atoms with Crippen molar-refractivity contribution in [2.75, 3.05) is 19.6 Å². The first kappa shape index (κ1) is 16.5. The lowest BCUT2D eigenvalue weighted by atomic mass is 9.78. The van der Waals surface area contributed by atoms with Gasteiger partial charge in [-0.15, -0.1) is 0 Å². The summed E-state index contributed by atoms with van der Waals surface area (Å²) in [6.07, 6.45) is 5.21. The van der Waals surface area contributed by atoms with Gasteiger partial charge in [-0.05, 0) is 55.4 Å². The second kappa shape index (κ2) is 7.95. The summed E-state index contributed by atoms with van der Waals surface area (Å²) < 4.78 is 0. The maximum Gasteiger partial charge on any atom is 0.0233 e. The lowest BCUT2D eigenvalue weighted by molar-refractivity contribution is 0.109. The van der Waals surface area contributed by atoms with E-state index in [2.05, 4.69) is 55.3 Å². The summed E-state index contributed by atoms with van der Waals surface area (Å²) in [4.78, 5) is 2.62. The number of benzene rings is 1. The van der Waals surface area contributed by atoms with E-state index in [1.54, 1.807) is 0 Å². The molecule has 1 aliphatic heterocycles. The van der Waals surface area contributed by atoms with Crippen LogP contribution in [0, 0.1) is 5.41 Å². The number of hydrogen-bond donors (Lipinski definition) is 1. The Morgan fingerprint density at radius 3 is 2.52 bits per heavy atom. The molecule has 0 unspecified atom stereocenters. The van der Waals surface area contributed by atoms with Crippen molar-refractivity contribution in [1.29, 1.82) is 0 Å². The van der Waals surface area contributed by atoms with Crippen molar-refractivity contribution in [3.05, 3.63) is 35.4 Å². The first-order chi connectivity index (χ1) is 10.1. The predicted molar refractivity (Wildman–Crippen MR) is 91.3 cm³/mol. The molecule has 118 valence electrons. The third-order valence-corrected chi connectivity index (χ3v) is 5.07. The van der Waals surface area contributed by atoms with Crippen molar-refractivity contribution in [1.82, 2.24) is 10.2 Å². The Balaban J connectivity index is 1.84. The molecule has 1 heterocycles. The number of piperidine rings is 1. The fourth-order valence-electron chi connectivity index (χ4n) is 3.11. The molecule has 1 aliphatic rings. The number of likely N-dealkylation sites (tertiary alicyclic amines) is 1. The van der Waals surface area contributed by atoms with Gasteiger partial charge in [0.2, 0.25) is 0 Å². The molecule has 0 radical (unpaired) electrons. The second-order valence-electron chi connectivity index (χ2n) is 6.94. The van der Waals surface area contributed by atoms with Gasteiger partial charge >= 0.3 is 0 Å². The Labute approximate surface area is 130 Å². The SMILES string of the molecule is CCCNCc1cccc(CN2CCC(C)(CC)CC2)c1. The van der Waals surface area contributed by atoms with Crippen molar-refractivity contribution in [3.8, 4) is 0 Å². The number of rotatable bonds is 7. The lowest BCUT2D eigenvalue weighted by Gasteiger charge is -2.39. The van der Waals surface area contributed by atoms with Crippen LogP contribution in [0.3, 0.4) is 0 Å². The van der Waals surface area contributed by atoms with E-state index in [1.165, 1.54) is 49.9 Å². The summed E-state index contributed by atoms with van der Waals surface area (Å²) in [5, 5.41) is 3.49. The van der Waals surface area contributed by atoms with Gasteiger partial charge in [-0.3, -0.25) is 4.90 Å². The Morgan fingerprint density at radius 2 is 1.86 bits per heavy atom. The van der Waals surface area contributed by atoms with Gasteiger partial charge in [0.25, 0.3) is 0 Å². The summed E-state index contributed by atoms with van der Waals surface area (Å²) in [6.45, 7) is 12.7. The Kier molecular flexibility index (Phi) is 6.25. The highest BCUT2D eigenvalue weighted by molar-refractivity contribution is 5.23. The molecule has 1 aromatic rings. The molecule has 1 fully saturated rings. The smallest absolute Gasteiger partial charge is 0.0233 e. The van der Waals surface area contributed by atoms with E-state index >= 15 is 0 Å². The average molecular weight is 288 g/mol. The van der Waals surface area contributed by atoms with Crippen LogP contribution < -0.4 is 5.32 Å². The largest absolute Gasteiger partial charge is 0.313 e. The summed E-state index contributed by atoms with van der Waals surface area (Å²) in [6, 6.07) is 9.09. The molecule has 0 atom stereocenters. The minimum atomic E-state index is 0.586. The fourth-order valence-corrected chi connectivity index (χ4v) is 3.11. The average Bonchev–Trinajstić information content (AvgIpc) is 2.51. The van der Waals surface area contributed by atoms with E-state index in [1.807, 2.05) is 0 Å². The maximum absolute atomic E-state index is 3.49. The molecule has 2 heteroatoms. The van der Waals surface area contributed by atoms with Gasteiger partial charge in [0.15, 0.2) is 0 Å². The Bertz CT molecular complexity index is 419. The molecule has 2 nitrogen and oxygen atoms in total. The first-order valence-electron chi connectivity index (χ1n) is 8.66. The molecular formula is C19H32N2. The minimum Gasteiger partial charge on any atom is -0.313 e. The highest BCUT2D eigenvalue weighted by Gasteiger charge is 2.27. The van der Waals surface area contributed by atoms with Gasteiger partial charge in [0, 0.05) is 13.1 Å². The maximum atomic E-state index is 3.49. The van der Waals surface area contributed by atoms with Crippen molar-refractivity contribution in [2.45, 2.75) is 59.5 Å². The van der Waals surface area contributed by atoms with Crippen molar-refractivity contribution >= 4 is 0 Å². The topological polar surface area (TPSA) is 15.3 Å². The molecule has 0 spiro atoms. The van der Waals surface area contributed by atoms with Gasteiger partial charge in [-0.25, -0.2) is 0 Å². The van der Waals surface area contributed by atoms with Gasteiger partial charge < -0.3 is 5.32 Å². The monoisotopic (exact) mass is 288 g/mol. The standard InChI is InChI=1S/C19H32N2/c1-4-11-20-15-17-7-6-8-18(14-17)16-21-12-9-19(3,5-2)10-13-21/h6-8,14,20H,4-5,9-13,15-16H2,1-3H3. The summed E-state index contributed by atoms with van der Waals surface area (Å²) in [5.41, 5.74) is 3.46. The zero-order valence-electron chi connectivity index (χ0n) is 14.1. The molecule has 1 saturated heterocycles. The molecule has 0 amide bonds. The number of hydrogen-bond acceptors (Lipinski definition) is 2. The third-order valence-electron chi connectivity index (χ3n) is 5.07. The van der Waals surface area contributed by atoms with Crippen LogP contribution in [0.15, 0.2) is 24.3 Å². The van der Waals surface area contributed by atoms with Crippen LogP contribution in [-0.4, -0.2) is 24.5 Å². The quantitative estimate of drug-likeness (QED) is 0.757. The third kappa shape index (κ3) is 5.12. The number of nitrogens with one attached hydrogen (secondary N) is 1. The van der Waals surface area contributed by atoms with Crippen LogP contribution in [0.1, 0.15) is 57.6 Å². The second-order valence-corrected chi connectivity index (χ2v) is 6.94. The van der Waals surface area contributed by atoms with Gasteiger partial charge in [0.1, 0.15) is 0 Å². The highest BCUT2D eigenvalue weighted by atomic mass is 15.1. The van der Waals surface area contributed by atoms with E-state index in [-0.39, 0.29) is 0 Å². The number of nitrogens with zero attached hydrogens (tertiary/aromatic N) is 1. The van der Waals surface area contributed by atoms with Crippen molar-refractivity contribution < 1.29 is 0 Å². The highest BCUT2D eigenvalue weighted by Crippen LogP contribution is 2.34. The van der Waals surface area contributed by atoms with Gasteiger partial charge in [0.05, 0.1) is 0 Å². The van der Waals surface area contributed by atoms with Crippen molar-refractivity contribution in [2.24, 2.45) is 5.41 Å². The summed E-state index contributed by atoms with van der Waals surface area (Å²) >= 11 is 0. The van der Waals surface area contributed by atoms with Crippen LogP contribution in [0.5, 0.6) is 0 Å². The lowest BCUT2D eigenvalue weighted by Crippen LogP contribution is -2.37. The molecule has 0 aliphatic carbocycles. The molecule has 0 aromatic heterocycles. The van der Waals surface area contributed by atoms with E-state index in [0.717, 1.165) is 19.6 Å². The molecule has 0 bridgehead atoms. The Hall–Kier alpha value is -0.860.